The van der Waals surface area contributed by atoms with E-state index in [0.29, 0.717) is 11.3 Å². The number of carbonyl (C=O) groups is 1. The molecule has 0 atom stereocenters. The molecule has 0 aliphatic rings. The van der Waals surface area contributed by atoms with E-state index in [1.54, 1.807) is 6.07 Å². The Kier molecular flexibility index (Phi) is 3.43. The van der Waals surface area contributed by atoms with Crippen molar-refractivity contribution in [2.24, 2.45) is 0 Å². The summed E-state index contributed by atoms with van der Waals surface area (Å²) in [6.45, 7) is 7.90. The quantitative estimate of drug-likeness (QED) is 0.654. The third kappa shape index (κ3) is 2.39. The lowest BCUT2D eigenvalue weighted by atomic mass is 9.90. The van der Waals surface area contributed by atoms with Gasteiger partial charge in [0, 0.05) is 16.8 Å². The minimum absolute atomic E-state index is 0.0191. The Morgan fingerprint density at radius 1 is 0.895 bits per heavy atom. The van der Waals surface area contributed by atoms with Gasteiger partial charge in [-0.3, -0.25) is 4.79 Å². The van der Waals surface area contributed by atoms with Crippen LogP contribution in [-0.4, -0.2) is 5.78 Å². The fourth-order valence-electron chi connectivity index (χ4n) is 2.66. The number of aryl methyl sites for hydroxylation is 4. The molecule has 0 heterocycles. The van der Waals surface area contributed by atoms with Gasteiger partial charge in [-0.25, -0.2) is 0 Å². The van der Waals surface area contributed by atoms with Gasteiger partial charge in [-0.2, -0.15) is 0 Å². The lowest BCUT2D eigenvalue weighted by Gasteiger charge is -2.13. The van der Waals surface area contributed by atoms with E-state index in [9.17, 15) is 4.79 Å². The summed E-state index contributed by atoms with van der Waals surface area (Å²) in [5.41, 5.74) is 12.0. The second-order valence-electron chi connectivity index (χ2n) is 5.14. The molecule has 2 heteroatoms. The highest BCUT2D eigenvalue weighted by Crippen LogP contribution is 2.25. The molecule has 2 rings (SSSR count). The van der Waals surface area contributed by atoms with Crippen LogP contribution in [0.1, 0.15) is 38.2 Å². The van der Waals surface area contributed by atoms with Crippen LogP contribution < -0.4 is 5.73 Å². The van der Waals surface area contributed by atoms with Gasteiger partial charge in [0.2, 0.25) is 0 Å². The fraction of sp³-hybridized carbons (Fsp3) is 0.235. The number of hydrogen-bond acceptors (Lipinski definition) is 2. The van der Waals surface area contributed by atoms with Crippen molar-refractivity contribution < 1.29 is 4.79 Å². The molecule has 2 nitrogen and oxygen atoms in total. The van der Waals surface area contributed by atoms with Crippen LogP contribution in [-0.2, 0) is 0 Å². The van der Waals surface area contributed by atoms with Crippen LogP contribution in [0, 0.1) is 27.7 Å². The van der Waals surface area contributed by atoms with E-state index in [-0.39, 0.29) is 5.78 Å². The van der Waals surface area contributed by atoms with Gasteiger partial charge in [0.25, 0.3) is 0 Å². The summed E-state index contributed by atoms with van der Waals surface area (Å²) < 4.78 is 0. The topological polar surface area (TPSA) is 43.1 Å². The van der Waals surface area contributed by atoms with Gasteiger partial charge in [-0.1, -0.05) is 29.8 Å². The maximum atomic E-state index is 12.8. The molecule has 2 aromatic rings. The molecule has 98 valence electrons. The Morgan fingerprint density at radius 2 is 1.47 bits per heavy atom. The highest BCUT2D eigenvalue weighted by molar-refractivity contribution is 6.14. The molecule has 0 aliphatic heterocycles. The number of ketones is 1. The van der Waals surface area contributed by atoms with E-state index in [1.165, 1.54) is 5.56 Å². The summed E-state index contributed by atoms with van der Waals surface area (Å²) in [7, 11) is 0. The van der Waals surface area contributed by atoms with E-state index in [1.807, 2.05) is 52.0 Å². The first-order valence-corrected chi connectivity index (χ1v) is 6.39. The van der Waals surface area contributed by atoms with Gasteiger partial charge < -0.3 is 5.73 Å². The summed E-state index contributed by atoms with van der Waals surface area (Å²) in [5.74, 6) is 0.0191. The summed E-state index contributed by atoms with van der Waals surface area (Å²) in [6, 6.07) is 9.64. The summed E-state index contributed by atoms with van der Waals surface area (Å²) in [5, 5.41) is 0. The van der Waals surface area contributed by atoms with Gasteiger partial charge in [-0.05, 0) is 50.5 Å². The largest absolute Gasteiger partial charge is 0.398 e. The first kappa shape index (κ1) is 13.3. The molecule has 0 aromatic heterocycles. The van der Waals surface area contributed by atoms with Crippen LogP contribution in [0.25, 0.3) is 0 Å². The second-order valence-corrected chi connectivity index (χ2v) is 5.14. The smallest absolute Gasteiger partial charge is 0.195 e. The molecule has 19 heavy (non-hydrogen) atoms. The summed E-state index contributed by atoms with van der Waals surface area (Å²) >= 11 is 0. The monoisotopic (exact) mass is 253 g/mol. The van der Waals surface area contributed by atoms with E-state index < -0.39 is 0 Å². The van der Waals surface area contributed by atoms with Crippen molar-refractivity contribution in [1.29, 1.82) is 0 Å². The van der Waals surface area contributed by atoms with Crippen LogP contribution in [0.3, 0.4) is 0 Å². The van der Waals surface area contributed by atoms with Crippen molar-refractivity contribution in [3.8, 4) is 0 Å². The average Bonchev–Trinajstić information content (AvgIpc) is 2.26. The molecule has 0 saturated carbocycles. The standard InChI is InChI=1S/C17H19NO/c1-10-8-12(3)15(13(4)9-10)17(19)16-11(2)6-5-7-14(16)18/h5-9H,18H2,1-4H3. The normalized spacial score (nSPS) is 10.5. The Hall–Kier alpha value is -2.09. The number of hydrogen-bond donors (Lipinski definition) is 1. The van der Waals surface area contributed by atoms with E-state index >= 15 is 0 Å². The maximum absolute atomic E-state index is 12.8. The molecule has 0 aliphatic carbocycles. The Balaban J connectivity index is 2.64. The first-order valence-electron chi connectivity index (χ1n) is 6.39. The molecule has 0 saturated heterocycles. The molecule has 0 radical (unpaired) electrons. The van der Waals surface area contributed by atoms with Crippen LogP contribution in [0.5, 0.6) is 0 Å². The zero-order chi connectivity index (χ0) is 14.2. The molecule has 0 amide bonds. The Labute approximate surface area is 114 Å². The van der Waals surface area contributed by atoms with Crippen molar-refractivity contribution in [2.75, 3.05) is 5.73 Å². The van der Waals surface area contributed by atoms with E-state index in [2.05, 4.69) is 0 Å². The van der Waals surface area contributed by atoms with Crippen LogP contribution in [0.15, 0.2) is 30.3 Å². The SMILES string of the molecule is Cc1cc(C)c(C(=O)c2c(C)cccc2N)c(C)c1. The number of benzene rings is 2. The molecular formula is C17H19NO. The van der Waals surface area contributed by atoms with Gasteiger partial charge in [0.1, 0.15) is 0 Å². The summed E-state index contributed by atoms with van der Waals surface area (Å²) in [6.07, 6.45) is 0. The fourth-order valence-corrected chi connectivity index (χ4v) is 2.66. The highest BCUT2D eigenvalue weighted by Gasteiger charge is 2.18. The van der Waals surface area contributed by atoms with Crippen molar-refractivity contribution in [2.45, 2.75) is 27.7 Å². The minimum atomic E-state index is 0.0191. The number of carbonyl (C=O) groups excluding carboxylic acids is 1. The van der Waals surface area contributed by atoms with Gasteiger partial charge in [0.05, 0.1) is 0 Å². The molecule has 0 bridgehead atoms. The number of nitrogens with two attached hydrogens (primary N) is 1. The minimum Gasteiger partial charge on any atom is -0.398 e. The maximum Gasteiger partial charge on any atom is 0.195 e. The Morgan fingerprint density at radius 3 is 2.00 bits per heavy atom. The van der Waals surface area contributed by atoms with Crippen LogP contribution >= 0.6 is 0 Å². The second kappa shape index (κ2) is 4.88. The lowest BCUT2D eigenvalue weighted by molar-refractivity contribution is 0.103. The van der Waals surface area contributed by atoms with Crippen molar-refractivity contribution in [3.05, 3.63) is 63.7 Å². The third-order valence-electron chi connectivity index (χ3n) is 3.44. The van der Waals surface area contributed by atoms with Gasteiger partial charge in [0.15, 0.2) is 5.78 Å². The highest BCUT2D eigenvalue weighted by atomic mass is 16.1. The van der Waals surface area contributed by atoms with Crippen molar-refractivity contribution in [3.63, 3.8) is 0 Å². The van der Waals surface area contributed by atoms with Crippen LogP contribution in [0.2, 0.25) is 0 Å². The zero-order valence-electron chi connectivity index (χ0n) is 11.9. The average molecular weight is 253 g/mol. The number of anilines is 1. The predicted molar refractivity (Wildman–Crippen MR) is 79.7 cm³/mol. The van der Waals surface area contributed by atoms with E-state index in [0.717, 1.165) is 22.3 Å². The zero-order valence-corrected chi connectivity index (χ0v) is 11.9. The van der Waals surface area contributed by atoms with Crippen molar-refractivity contribution in [1.82, 2.24) is 0 Å². The lowest BCUT2D eigenvalue weighted by Crippen LogP contribution is -2.11. The molecule has 0 fully saturated rings. The molecule has 0 unspecified atom stereocenters. The molecular weight excluding hydrogens is 234 g/mol. The molecule has 2 N–H and O–H groups in total. The van der Waals surface area contributed by atoms with Crippen LogP contribution in [0.4, 0.5) is 5.69 Å². The van der Waals surface area contributed by atoms with Crippen molar-refractivity contribution >= 4 is 11.5 Å². The van der Waals surface area contributed by atoms with E-state index in [4.69, 9.17) is 5.73 Å². The molecule has 0 spiro atoms. The Bertz CT molecular complexity index is 613. The number of nitrogen functional groups attached to an aromatic ring is 1. The van der Waals surface area contributed by atoms with Gasteiger partial charge >= 0.3 is 0 Å². The third-order valence-corrected chi connectivity index (χ3v) is 3.44. The predicted octanol–water partition coefficient (Wildman–Crippen LogP) is 3.73. The number of rotatable bonds is 2. The van der Waals surface area contributed by atoms with Gasteiger partial charge in [-0.15, -0.1) is 0 Å². The summed E-state index contributed by atoms with van der Waals surface area (Å²) in [4.78, 5) is 12.8. The first-order chi connectivity index (χ1) is 8.91. The molecule has 2 aromatic carbocycles.